The van der Waals surface area contributed by atoms with Gasteiger partial charge in [0.25, 0.3) is 0 Å². The van der Waals surface area contributed by atoms with Crippen LogP contribution >= 0.6 is 0 Å². The number of nitrogens with one attached hydrogen (secondary N) is 1. The van der Waals surface area contributed by atoms with Crippen molar-refractivity contribution in [3.8, 4) is 0 Å². The van der Waals surface area contributed by atoms with Crippen molar-refractivity contribution in [3.63, 3.8) is 0 Å². The van der Waals surface area contributed by atoms with Crippen LogP contribution in [-0.2, 0) is 4.79 Å². The maximum absolute atomic E-state index is 12.1. The van der Waals surface area contributed by atoms with Crippen molar-refractivity contribution in [2.45, 2.75) is 64.8 Å². The van der Waals surface area contributed by atoms with E-state index < -0.39 is 0 Å². The smallest absolute Gasteiger partial charge is 0.236 e. The molecule has 4 aliphatic rings. The van der Waals surface area contributed by atoms with E-state index in [1.165, 1.54) is 38.5 Å². The van der Waals surface area contributed by atoms with E-state index in [0.29, 0.717) is 11.3 Å². The van der Waals surface area contributed by atoms with E-state index in [-0.39, 0.29) is 11.9 Å². The maximum atomic E-state index is 12.1. The Morgan fingerprint density at radius 3 is 2.10 bits per heavy atom. The average molecular weight is 278 g/mol. The maximum Gasteiger partial charge on any atom is 0.236 e. The van der Waals surface area contributed by atoms with E-state index in [4.69, 9.17) is 5.73 Å². The van der Waals surface area contributed by atoms with Crippen LogP contribution in [0.2, 0.25) is 0 Å². The zero-order chi connectivity index (χ0) is 14.3. The second kappa shape index (κ2) is 5.32. The fourth-order valence-electron chi connectivity index (χ4n) is 5.53. The van der Waals surface area contributed by atoms with Crippen molar-refractivity contribution in [1.29, 1.82) is 0 Å². The highest BCUT2D eigenvalue weighted by Gasteiger charge is 2.50. The summed E-state index contributed by atoms with van der Waals surface area (Å²) in [6, 6.07) is -0.330. The van der Waals surface area contributed by atoms with Crippen LogP contribution < -0.4 is 11.1 Å². The van der Waals surface area contributed by atoms with E-state index in [2.05, 4.69) is 19.2 Å². The zero-order valence-electron chi connectivity index (χ0n) is 13.0. The number of rotatable bonds is 5. The largest absolute Gasteiger partial charge is 0.354 e. The van der Waals surface area contributed by atoms with Gasteiger partial charge in [-0.25, -0.2) is 0 Å². The molecule has 0 aromatic heterocycles. The number of carbonyl (C=O) groups is 1. The van der Waals surface area contributed by atoms with Crippen molar-refractivity contribution < 1.29 is 4.79 Å². The first-order valence-electron chi connectivity index (χ1n) is 8.49. The number of amides is 1. The fourth-order valence-corrected chi connectivity index (χ4v) is 5.53. The number of hydrogen-bond donors (Lipinski definition) is 2. The molecule has 4 fully saturated rings. The molecule has 20 heavy (non-hydrogen) atoms. The second-order valence-electron chi connectivity index (χ2n) is 8.37. The number of nitrogens with two attached hydrogens (primary N) is 1. The highest BCUT2D eigenvalue weighted by molar-refractivity contribution is 5.81. The first-order valence-corrected chi connectivity index (χ1v) is 8.49. The third-order valence-corrected chi connectivity index (χ3v) is 5.86. The predicted molar refractivity (Wildman–Crippen MR) is 81.0 cm³/mol. The van der Waals surface area contributed by atoms with E-state index in [1.54, 1.807) is 0 Å². The molecule has 0 aromatic carbocycles. The van der Waals surface area contributed by atoms with Gasteiger partial charge in [-0.05, 0) is 74.0 Å². The summed E-state index contributed by atoms with van der Waals surface area (Å²) in [5.41, 5.74) is 6.40. The quantitative estimate of drug-likeness (QED) is 0.812. The van der Waals surface area contributed by atoms with E-state index in [0.717, 1.165) is 30.7 Å². The highest BCUT2D eigenvalue weighted by Crippen LogP contribution is 2.59. The van der Waals surface area contributed by atoms with Crippen molar-refractivity contribution in [3.05, 3.63) is 0 Å². The first-order chi connectivity index (χ1) is 9.46. The van der Waals surface area contributed by atoms with Gasteiger partial charge in [0.15, 0.2) is 0 Å². The molecule has 0 saturated heterocycles. The normalized spacial score (nSPS) is 40.1. The lowest BCUT2D eigenvalue weighted by Crippen LogP contribution is -2.53. The van der Waals surface area contributed by atoms with Gasteiger partial charge in [0.05, 0.1) is 6.04 Å². The molecule has 3 N–H and O–H groups in total. The van der Waals surface area contributed by atoms with Crippen LogP contribution in [0.15, 0.2) is 0 Å². The van der Waals surface area contributed by atoms with Gasteiger partial charge in [0.2, 0.25) is 5.91 Å². The Bertz CT molecular complexity index is 342. The lowest BCUT2D eigenvalue weighted by molar-refractivity contribution is -0.124. The standard InChI is InChI=1S/C17H30N2O/c1-11(2)3-15(18)16(20)19-10-17-7-12-4-13(8-17)6-14(5-12)9-17/h11-15H,3-10,18H2,1-2H3,(H,19,20)/t12?,13?,14?,15-,17?/m1/s1. The third kappa shape index (κ3) is 2.88. The Morgan fingerprint density at radius 1 is 1.15 bits per heavy atom. The minimum absolute atomic E-state index is 0.0643. The summed E-state index contributed by atoms with van der Waals surface area (Å²) in [5.74, 6) is 3.39. The van der Waals surface area contributed by atoms with Gasteiger partial charge in [0, 0.05) is 6.54 Å². The summed E-state index contributed by atoms with van der Waals surface area (Å²) in [5, 5.41) is 3.18. The molecule has 0 aromatic rings. The Morgan fingerprint density at radius 2 is 1.65 bits per heavy atom. The van der Waals surface area contributed by atoms with Crippen LogP contribution in [0.25, 0.3) is 0 Å². The summed E-state index contributed by atoms with van der Waals surface area (Å²) < 4.78 is 0. The second-order valence-corrected chi connectivity index (χ2v) is 8.37. The van der Waals surface area contributed by atoms with Gasteiger partial charge in [-0.1, -0.05) is 13.8 Å². The summed E-state index contributed by atoms with van der Waals surface area (Å²) in [6.45, 7) is 5.11. The molecule has 0 aliphatic heterocycles. The summed E-state index contributed by atoms with van der Waals surface area (Å²) in [4.78, 5) is 12.1. The van der Waals surface area contributed by atoms with Crippen molar-refractivity contribution >= 4 is 5.91 Å². The summed E-state index contributed by atoms with van der Waals surface area (Å²) >= 11 is 0. The van der Waals surface area contributed by atoms with Crippen molar-refractivity contribution in [1.82, 2.24) is 5.32 Å². The molecule has 3 heteroatoms. The topological polar surface area (TPSA) is 55.1 Å². The molecule has 4 saturated carbocycles. The van der Waals surface area contributed by atoms with Crippen LogP contribution in [0.1, 0.15) is 58.8 Å². The molecule has 4 aliphatic carbocycles. The van der Waals surface area contributed by atoms with Crippen LogP contribution in [-0.4, -0.2) is 18.5 Å². The van der Waals surface area contributed by atoms with Gasteiger partial charge in [-0.15, -0.1) is 0 Å². The molecule has 4 bridgehead atoms. The van der Waals surface area contributed by atoms with Gasteiger partial charge in [0.1, 0.15) is 0 Å². The van der Waals surface area contributed by atoms with Gasteiger partial charge < -0.3 is 11.1 Å². The lowest BCUT2D eigenvalue weighted by atomic mass is 9.49. The molecule has 4 rings (SSSR count). The predicted octanol–water partition coefficient (Wildman–Crippen LogP) is 2.69. The number of hydrogen-bond acceptors (Lipinski definition) is 2. The molecule has 0 heterocycles. The lowest BCUT2D eigenvalue weighted by Gasteiger charge is -2.57. The molecule has 1 amide bonds. The SMILES string of the molecule is CC(C)C[C@@H](N)C(=O)NCC12CC3CC(CC(C3)C1)C2. The molecule has 3 nitrogen and oxygen atoms in total. The van der Waals surface area contributed by atoms with Crippen LogP contribution in [0.3, 0.4) is 0 Å². The first kappa shape index (κ1) is 14.4. The molecule has 114 valence electrons. The van der Waals surface area contributed by atoms with E-state index in [1.807, 2.05) is 0 Å². The summed E-state index contributed by atoms with van der Waals surface area (Å²) in [6.07, 6.45) is 9.20. The Hall–Kier alpha value is -0.570. The zero-order valence-corrected chi connectivity index (χ0v) is 13.0. The third-order valence-electron chi connectivity index (χ3n) is 5.86. The minimum Gasteiger partial charge on any atom is -0.354 e. The Kier molecular flexibility index (Phi) is 3.83. The molecule has 0 unspecified atom stereocenters. The molecule has 0 radical (unpaired) electrons. The van der Waals surface area contributed by atoms with Crippen molar-refractivity contribution in [2.24, 2.45) is 34.8 Å². The van der Waals surface area contributed by atoms with Crippen molar-refractivity contribution in [2.75, 3.05) is 6.54 Å². The average Bonchev–Trinajstić information content (AvgIpc) is 2.33. The van der Waals surface area contributed by atoms with E-state index in [9.17, 15) is 4.79 Å². The monoisotopic (exact) mass is 278 g/mol. The number of carbonyl (C=O) groups excluding carboxylic acids is 1. The van der Waals surface area contributed by atoms with Crippen LogP contribution in [0, 0.1) is 29.1 Å². The van der Waals surface area contributed by atoms with E-state index >= 15 is 0 Å². The van der Waals surface area contributed by atoms with Crippen LogP contribution in [0.4, 0.5) is 0 Å². The van der Waals surface area contributed by atoms with Gasteiger partial charge in [-0.2, -0.15) is 0 Å². The van der Waals surface area contributed by atoms with Gasteiger partial charge >= 0.3 is 0 Å². The van der Waals surface area contributed by atoms with Gasteiger partial charge in [-0.3, -0.25) is 4.79 Å². The minimum atomic E-state index is -0.330. The molecular formula is C17H30N2O. The molecule has 1 atom stereocenters. The highest BCUT2D eigenvalue weighted by atomic mass is 16.2. The molecule has 0 spiro atoms. The summed E-state index contributed by atoms with van der Waals surface area (Å²) in [7, 11) is 0. The Balaban J connectivity index is 1.54. The Labute approximate surface area is 123 Å². The van der Waals surface area contributed by atoms with Crippen LogP contribution in [0.5, 0.6) is 0 Å². The molecular weight excluding hydrogens is 248 g/mol. The fraction of sp³-hybridized carbons (Fsp3) is 0.941.